The second kappa shape index (κ2) is 2.71. The summed E-state index contributed by atoms with van der Waals surface area (Å²) in [5.41, 5.74) is 3.34. The van der Waals surface area contributed by atoms with E-state index in [0.717, 1.165) is 24.2 Å². The number of nitrogens with zero attached hydrogens (tertiary/aromatic N) is 1. The van der Waals surface area contributed by atoms with Crippen LogP contribution < -0.4 is 0 Å². The minimum atomic E-state index is 0.157. The van der Waals surface area contributed by atoms with E-state index < -0.39 is 0 Å². The molecule has 0 saturated carbocycles. The van der Waals surface area contributed by atoms with Crippen molar-refractivity contribution in [2.45, 2.75) is 6.42 Å². The van der Waals surface area contributed by atoms with Crippen LogP contribution in [0, 0.1) is 5.92 Å². The molecule has 1 atom stereocenters. The minimum absolute atomic E-state index is 0.157. The maximum Gasteiger partial charge on any atom is 0.102 e. The van der Waals surface area contributed by atoms with Crippen molar-refractivity contribution in [2.24, 2.45) is 10.9 Å². The number of benzene rings is 1. The van der Waals surface area contributed by atoms with Gasteiger partial charge in [0.2, 0.25) is 0 Å². The van der Waals surface area contributed by atoms with Gasteiger partial charge in [-0.3, -0.25) is 4.99 Å². The van der Waals surface area contributed by atoms with Crippen LogP contribution >= 0.6 is 0 Å². The third-order valence-electron chi connectivity index (χ3n) is 2.93. The topological polar surface area (TPSA) is 32.6 Å². The molecule has 1 N–H and O–H groups in total. The van der Waals surface area contributed by atoms with Crippen LogP contribution in [0.3, 0.4) is 0 Å². The van der Waals surface area contributed by atoms with Gasteiger partial charge in [0.25, 0.3) is 0 Å². The smallest absolute Gasteiger partial charge is 0.102 e. The number of aliphatic imine (C=N–C) groups is 1. The van der Waals surface area contributed by atoms with Gasteiger partial charge in [0.15, 0.2) is 0 Å². The number of aliphatic hydroxyl groups excluding tert-OH is 1. The van der Waals surface area contributed by atoms with Gasteiger partial charge in [-0.25, -0.2) is 0 Å². The van der Waals surface area contributed by atoms with Crippen LogP contribution in [0.1, 0.15) is 17.5 Å². The molecule has 70 valence electrons. The summed E-state index contributed by atoms with van der Waals surface area (Å²) in [7, 11) is 0. The molecule has 2 nitrogen and oxygen atoms in total. The van der Waals surface area contributed by atoms with Crippen molar-refractivity contribution >= 4 is 11.8 Å². The molecule has 2 aliphatic rings. The molecule has 2 heteroatoms. The van der Waals surface area contributed by atoms with E-state index in [9.17, 15) is 5.11 Å². The lowest BCUT2D eigenvalue weighted by molar-refractivity contribution is 0.368. The molecule has 0 fully saturated rings. The summed E-state index contributed by atoms with van der Waals surface area (Å²) < 4.78 is 0. The lowest BCUT2D eigenvalue weighted by Crippen LogP contribution is -2.18. The Labute approximate surface area is 82.6 Å². The Kier molecular flexibility index (Phi) is 1.51. The van der Waals surface area contributed by atoms with Crippen molar-refractivity contribution < 1.29 is 5.11 Å². The Morgan fingerprint density at radius 2 is 2.14 bits per heavy atom. The zero-order valence-electron chi connectivity index (χ0n) is 7.77. The molecular weight excluding hydrogens is 174 g/mol. The van der Waals surface area contributed by atoms with E-state index >= 15 is 0 Å². The van der Waals surface area contributed by atoms with E-state index in [-0.39, 0.29) is 5.92 Å². The van der Waals surface area contributed by atoms with Crippen LogP contribution in [0.5, 0.6) is 0 Å². The first-order valence-corrected chi connectivity index (χ1v) is 4.90. The van der Waals surface area contributed by atoms with Crippen molar-refractivity contribution in [3.8, 4) is 0 Å². The van der Waals surface area contributed by atoms with Crippen molar-refractivity contribution in [2.75, 3.05) is 6.54 Å². The van der Waals surface area contributed by atoms with Gasteiger partial charge in [0.05, 0.1) is 11.6 Å². The Morgan fingerprint density at radius 3 is 3.07 bits per heavy atom. The van der Waals surface area contributed by atoms with Crippen LogP contribution in [0.4, 0.5) is 0 Å². The molecule has 0 amide bonds. The Balaban J connectivity index is 2.25. The fraction of sp³-hybridized carbons (Fsp3) is 0.250. The summed E-state index contributed by atoms with van der Waals surface area (Å²) in [5.74, 6) is 0.629. The molecule has 1 heterocycles. The predicted molar refractivity (Wildman–Crippen MR) is 56.6 cm³/mol. The average molecular weight is 185 g/mol. The Morgan fingerprint density at radius 1 is 1.29 bits per heavy atom. The van der Waals surface area contributed by atoms with Gasteiger partial charge >= 0.3 is 0 Å². The molecule has 0 radical (unpaired) electrons. The number of rotatable bonds is 0. The van der Waals surface area contributed by atoms with Gasteiger partial charge in [0.1, 0.15) is 5.76 Å². The summed E-state index contributed by atoms with van der Waals surface area (Å²) in [5, 5.41) is 9.81. The molecule has 14 heavy (non-hydrogen) atoms. The normalized spacial score (nSPS) is 23.6. The maximum atomic E-state index is 9.81. The first kappa shape index (κ1) is 7.80. The molecule has 1 aromatic carbocycles. The number of hydrogen-bond acceptors (Lipinski definition) is 2. The lowest BCUT2D eigenvalue weighted by Gasteiger charge is -2.19. The number of allylic oxidation sites excluding steroid dienone is 1. The molecule has 1 aliphatic heterocycles. The molecule has 3 rings (SSSR count). The first-order valence-electron chi connectivity index (χ1n) is 4.90. The van der Waals surface area contributed by atoms with Gasteiger partial charge in [-0.05, 0) is 18.1 Å². The average Bonchev–Trinajstić information content (AvgIpc) is 2.67. The fourth-order valence-corrected chi connectivity index (χ4v) is 2.24. The van der Waals surface area contributed by atoms with E-state index in [1.807, 2.05) is 24.3 Å². The minimum Gasteiger partial charge on any atom is -0.512 e. The number of hydrogen-bond donors (Lipinski definition) is 1. The van der Waals surface area contributed by atoms with E-state index in [4.69, 9.17) is 0 Å². The molecule has 0 aromatic heterocycles. The molecule has 0 bridgehead atoms. The monoisotopic (exact) mass is 185 g/mol. The molecular formula is C12H11NO. The van der Waals surface area contributed by atoms with Gasteiger partial charge in [-0.2, -0.15) is 0 Å². The van der Waals surface area contributed by atoms with Gasteiger partial charge in [-0.15, -0.1) is 0 Å². The standard InChI is InChI=1S/C12H11NO/c14-11-7-8-3-1-2-4-9(8)12-10(11)5-6-13-12/h1-4,7,10,14H,5-6H2. The van der Waals surface area contributed by atoms with Gasteiger partial charge in [0, 0.05) is 12.1 Å². The van der Waals surface area contributed by atoms with Crippen LogP contribution in [-0.2, 0) is 0 Å². The third-order valence-corrected chi connectivity index (χ3v) is 2.93. The SMILES string of the molecule is OC1=Cc2ccccc2C2=NCCC12. The first-order chi connectivity index (χ1) is 6.86. The fourth-order valence-electron chi connectivity index (χ4n) is 2.24. The Hall–Kier alpha value is -1.57. The highest BCUT2D eigenvalue weighted by Gasteiger charge is 2.30. The summed E-state index contributed by atoms with van der Waals surface area (Å²) in [6.45, 7) is 0.840. The van der Waals surface area contributed by atoms with E-state index in [2.05, 4.69) is 11.1 Å². The van der Waals surface area contributed by atoms with Crippen molar-refractivity contribution in [1.29, 1.82) is 0 Å². The third kappa shape index (κ3) is 0.939. The van der Waals surface area contributed by atoms with Crippen LogP contribution in [0.25, 0.3) is 6.08 Å². The van der Waals surface area contributed by atoms with E-state index in [0.29, 0.717) is 5.76 Å². The predicted octanol–water partition coefficient (Wildman–Crippen LogP) is 2.41. The summed E-state index contributed by atoms with van der Waals surface area (Å²) in [4.78, 5) is 4.47. The van der Waals surface area contributed by atoms with Crippen LogP contribution in [0.2, 0.25) is 0 Å². The maximum absolute atomic E-state index is 9.81. The van der Waals surface area contributed by atoms with Gasteiger partial charge < -0.3 is 5.11 Å². The van der Waals surface area contributed by atoms with E-state index in [1.54, 1.807) is 0 Å². The highest BCUT2D eigenvalue weighted by atomic mass is 16.3. The molecule has 0 saturated heterocycles. The Bertz CT molecular complexity index is 445. The van der Waals surface area contributed by atoms with Gasteiger partial charge in [-0.1, -0.05) is 24.3 Å². The van der Waals surface area contributed by atoms with E-state index in [1.165, 1.54) is 5.56 Å². The summed E-state index contributed by atoms with van der Waals surface area (Å²) in [6.07, 6.45) is 2.82. The molecule has 1 aliphatic carbocycles. The largest absolute Gasteiger partial charge is 0.512 e. The highest BCUT2D eigenvalue weighted by molar-refractivity contribution is 6.09. The second-order valence-electron chi connectivity index (χ2n) is 3.76. The zero-order chi connectivity index (χ0) is 9.54. The van der Waals surface area contributed by atoms with Crippen LogP contribution in [-0.4, -0.2) is 17.4 Å². The molecule has 1 aromatic rings. The second-order valence-corrected chi connectivity index (χ2v) is 3.76. The summed E-state index contributed by atoms with van der Waals surface area (Å²) in [6, 6.07) is 8.10. The van der Waals surface area contributed by atoms with Crippen molar-refractivity contribution in [3.05, 3.63) is 41.2 Å². The number of aliphatic hydroxyl groups is 1. The number of fused-ring (bicyclic) bond motifs is 3. The molecule has 0 spiro atoms. The highest BCUT2D eigenvalue weighted by Crippen LogP contribution is 2.32. The van der Waals surface area contributed by atoms with Crippen LogP contribution in [0.15, 0.2) is 35.0 Å². The van der Waals surface area contributed by atoms with Crippen molar-refractivity contribution in [3.63, 3.8) is 0 Å². The zero-order valence-corrected chi connectivity index (χ0v) is 7.77. The van der Waals surface area contributed by atoms with Crippen molar-refractivity contribution in [1.82, 2.24) is 0 Å². The quantitative estimate of drug-likeness (QED) is 0.661. The lowest BCUT2D eigenvalue weighted by atomic mass is 9.86. The molecule has 1 unspecified atom stereocenters. The summed E-state index contributed by atoms with van der Waals surface area (Å²) >= 11 is 0.